The van der Waals surface area contributed by atoms with Gasteiger partial charge in [-0.1, -0.05) is 0 Å². The number of aryl methyl sites for hydroxylation is 3. The van der Waals surface area contributed by atoms with Crippen LogP contribution < -0.4 is 5.73 Å². The fourth-order valence-electron chi connectivity index (χ4n) is 1.87. The van der Waals surface area contributed by atoms with Crippen molar-refractivity contribution < 1.29 is 4.79 Å². The molecule has 0 saturated carbocycles. The van der Waals surface area contributed by atoms with Crippen molar-refractivity contribution in [3.63, 3.8) is 0 Å². The molecule has 0 aliphatic rings. The van der Waals surface area contributed by atoms with Crippen LogP contribution in [0.2, 0.25) is 0 Å². The Labute approximate surface area is 115 Å². The van der Waals surface area contributed by atoms with E-state index < -0.39 is 0 Å². The lowest BCUT2D eigenvalue weighted by molar-refractivity contribution is 0.0776. The molecule has 6 nitrogen and oxygen atoms in total. The Bertz CT molecular complexity index is 616. The topological polar surface area (TPSA) is 77.0 Å². The van der Waals surface area contributed by atoms with Gasteiger partial charge in [0.15, 0.2) is 0 Å². The van der Waals surface area contributed by atoms with E-state index in [9.17, 15) is 4.79 Å². The molecule has 1 amide bonds. The molecule has 2 aromatic rings. The van der Waals surface area contributed by atoms with Crippen LogP contribution in [0, 0.1) is 13.8 Å². The standard InChI is InChI=1S/C12H17N5OS/c1-7-9(19-6-14-7)5-16(3)12(18)11-10(13)8(2)15-17(11)4/h6H,5,13H2,1-4H3. The van der Waals surface area contributed by atoms with Gasteiger partial charge in [0.2, 0.25) is 0 Å². The first kappa shape index (κ1) is 13.5. The van der Waals surface area contributed by atoms with E-state index in [1.54, 1.807) is 42.8 Å². The molecule has 0 aliphatic heterocycles. The number of aromatic nitrogens is 3. The number of nitrogens with zero attached hydrogens (tertiary/aromatic N) is 4. The summed E-state index contributed by atoms with van der Waals surface area (Å²) >= 11 is 1.55. The maximum Gasteiger partial charge on any atom is 0.274 e. The zero-order valence-electron chi connectivity index (χ0n) is 11.5. The lowest BCUT2D eigenvalue weighted by Crippen LogP contribution is -2.28. The largest absolute Gasteiger partial charge is 0.395 e. The molecule has 0 bridgehead atoms. The minimum absolute atomic E-state index is 0.131. The molecule has 0 saturated heterocycles. The van der Waals surface area contributed by atoms with Crippen LogP contribution in [0.4, 0.5) is 5.69 Å². The highest BCUT2D eigenvalue weighted by molar-refractivity contribution is 7.09. The van der Waals surface area contributed by atoms with Gasteiger partial charge in [0.25, 0.3) is 5.91 Å². The average molecular weight is 279 g/mol. The first-order valence-electron chi connectivity index (χ1n) is 5.85. The van der Waals surface area contributed by atoms with Gasteiger partial charge in [-0.2, -0.15) is 5.10 Å². The molecule has 0 aromatic carbocycles. The van der Waals surface area contributed by atoms with Crippen LogP contribution in [0.3, 0.4) is 0 Å². The van der Waals surface area contributed by atoms with Gasteiger partial charge in [-0.25, -0.2) is 4.98 Å². The summed E-state index contributed by atoms with van der Waals surface area (Å²) in [6, 6.07) is 0. The second-order valence-electron chi connectivity index (χ2n) is 4.49. The highest BCUT2D eigenvalue weighted by Crippen LogP contribution is 2.19. The second kappa shape index (κ2) is 5.00. The summed E-state index contributed by atoms with van der Waals surface area (Å²) in [6.07, 6.45) is 0. The molecule has 0 radical (unpaired) electrons. The van der Waals surface area contributed by atoms with Crippen LogP contribution in [0.5, 0.6) is 0 Å². The number of carbonyl (C=O) groups is 1. The highest BCUT2D eigenvalue weighted by Gasteiger charge is 2.22. The number of hydrogen-bond acceptors (Lipinski definition) is 5. The fourth-order valence-corrected chi connectivity index (χ4v) is 2.70. The molecular weight excluding hydrogens is 262 g/mol. The van der Waals surface area contributed by atoms with Gasteiger partial charge >= 0.3 is 0 Å². The van der Waals surface area contributed by atoms with Gasteiger partial charge in [-0.15, -0.1) is 11.3 Å². The Kier molecular flexibility index (Phi) is 3.57. The van der Waals surface area contributed by atoms with Crippen molar-refractivity contribution in [1.29, 1.82) is 0 Å². The van der Waals surface area contributed by atoms with Crippen LogP contribution in [0.15, 0.2) is 5.51 Å². The molecule has 2 rings (SSSR count). The van der Waals surface area contributed by atoms with E-state index in [1.807, 2.05) is 6.92 Å². The van der Waals surface area contributed by atoms with Gasteiger partial charge in [0.05, 0.1) is 29.1 Å². The SMILES string of the molecule is Cc1ncsc1CN(C)C(=O)c1c(N)c(C)nn1C. The molecule has 0 fully saturated rings. The number of nitrogen functional groups attached to an aromatic ring is 1. The van der Waals surface area contributed by atoms with Crippen LogP contribution in [-0.2, 0) is 13.6 Å². The van der Waals surface area contributed by atoms with E-state index in [0.717, 1.165) is 10.6 Å². The van der Waals surface area contributed by atoms with Gasteiger partial charge in [-0.3, -0.25) is 9.48 Å². The second-order valence-corrected chi connectivity index (χ2v) is 5.43. The predicted octanol–water partition coefficient (Wildman–Crippen LogP) is 1.35. The number of carbonyl (C=O) groups excluding carboxylic acids is 1. The molecule has 0 spiro atoms. The van der Waals surface area contributed by atoms with Crippen molar-refractivity contribution in [2.24, 2.45) is 7.05 Å². The summed E-state index contributed by atoms with van der Waals surface area (Å²) in [5.74, 6) is -0.131. The molecule has 0 aliphatic carbocycles. The number of hydrogen-bond donors (Lipinski definition) is 1. The number of nitrogens with two attached hydrogens (primary N) is 1. The first-order valence-corrected chi connectivity index (χ1v) is 6.73. The van der Waals surface area contributed by atoms with Crippen molar-refractivity contribution in [1.82, 2.24) is 19.7 Å². The van der Waals surface area contributed by atoms with Crippen molar-refractivity contribution in [2.75, 3.05) is 12.8 Å². The van der Waals surface area contributed by atoms with E-state index in [-0.39, 0.29) is 5.91 Å². The summed E-state index contributed by atoms with van der Waals surface area (Å²) in [5.41, 5.74) is 10.2. The Morgan fingerprint density at radius 3 is 2.63 bits per heavy atom. The Morgan fingerprint density at radius 2 is 2.16 bits per heavy atom. The van der Waals surface area contributed by atoms with Crippen molar-refractivity contribution >= 4 is 22.9 Å². The molecule has 19 heavy (non-hydrogen) atoms. The third-order valence-electron chi connectivity index (χ3n) is 3.04. The van der Waals surface area contributed by atoms with E-state index in [0.29, 0.717) is 23.6 Å². The third kappa shape index (κ3) is 2.46. The van der Waals surface area contributed by atoms with Crippen LogP contribution in [0.25, 0.3) is 0 Å². The molecule has 0 atom stereocenters. The van der Waals surface area contributed by atoms with Crippen LogP contribution in [0.1, 0.15) is 26.8 Å². The number of rotatable bonds is 3. The van der Waals surface area contributed by atoms with Gasteiger partial charge in [-0.05, 0) is 13.8 Å². The molecule has 7 heteroatoms. The molecule has 2 aromatic heterocycles. The molecule has 2 heterocycles. The Balaban J connectivity index is 2.22. The van der Waals surface area contributed by atoms with Crippen molar-refractivity contribution in [3.05, 3.63) is 27.5 Å². The van der Waals surface area contributed by atoms with E-state index in [1.165, 1.54) is 4.68 Å². The Hall–Kier alpha value is -1.89. The van der Waals surface area contributed by atoms with Gasteiger partial charge in [0, 0.05) is 19.0 Å². The van der Waals surface area contributed by atoms with Crippen LogP contribution in [-0.4, -0.2) is 32.6 Å². The average Bonchev–Trinajstić information content (AvgIpc) is 2.84. The smallest absolute Gasteiger partial charge is 0.274 e. The van der Waals surface area contributed by atoms with Crippen molar-refractivity contribution in [2.45, 2.75) is 20.4 Å². The van der Waals surface area contributed by atoms with Gasteiger partial charge < -0.3 is 10.6 Å². The monoisotopic (exact) mass is 279 g/mol. The summed E-state index contributed by atoms with van der Waals surface area (Å²) in [4.78, 5) is 19.3. The van der Waals surface area contributed by atoms with Gasteiger partial charge in [0.1, 0.15) is 5.69 Å². The molecular formula is C12H17N5OS. The van der Waals surface area contributed by atoms with E-state index in [2.05, 4.69) is 10.1 Å². The Morgan fingerprint density at radius 1 is 1.47 bits per heavy atom. The lowest BCUT2D eigenvalue weighted by atomic mass is 10.2. The summed E-state index contributed by atoms with van der Waals surface area (Å²) in [6.45, 7) is 4.26. The highest BCUT2D eigenvalue weighted by atomic mass is 32.1. The molecule has 102 valence electrons. The maximum absolute atomic E-state index is 12.4. The zero-order chi connectivity index (χ0) is 14.2. The minimum Gasteiger partial charge on any atom is -0.395 e. The first-order chi connectivity index (χ1) is 8.91. The van der Waals surface area contributed by atoms with Crippen LogP contribution >= 0.6 is 11.3 Å². The number of thiazole rings is 1. The molecule has 0 unspecified atom stereocenters. The third-order valence-corrected chi connectivity index (χ3v) is 3.96. The fraction of sp³-hybridized carbons (Fsp3) is 0.417. The van der Waals surface area contributed by atoms with E-state index in [4.69, 9.17) is 5.73 Å². The summed E-state index contributed by atoms with van der Waals surface area (Å²) < 4.78 is 1.53. The number of amides is 1. The summed E-state index contributed by atoms with van der Waals surface area (Å²) in [5, 5.41) is 4.16. The summed E-state index contributed by atoms with van der Waals surface area (Å²) in [7, 11) is 3.48. The number of anilines is 1. The minimum atomic E-state index is -0.131. The normalized spacial score (nSPS) is 10.7. The quantitative estimate of drug-likeness (QED) is 0.920. The molecule has 2 N–H and O–H groups in total. The van der Waals surface area contributed by atoms with E-state index >= 15 is 0 Å². The van der Waals surface area contributed by atoms with Crippen molar-refractivity contribution in [3.8, 4) is 0 Å². The maximum atomic E-state index is 12.4. The lowest BCUT2D eigenvalue weighted by Gasteiger charge is -2.17. The predicted molar refractivity (Wildman–Crippen MR) is 75.0 cm³/mol. The zero-order valence-corrected chi connectivity index (χ0v) is 12.3.